The molecule has 0 saturated carbocycles. The molecule has 0 unspecified atom stereocenters. The zero-order valence-corrected chi connectivity index (χ0v) is 13.7. The fourth-order valence-corrected chi connectivity index (χ4v) is 1.98. The van der Waals surface area contributed by atoms with E-state index < -0.39 is 0 Å². The predicted octanol–water partition coefficient (Wildman–Crippen LogP) is 3.37. The summed E-state index contributed by atoms with van der Waals surface area (Å²) in [5.41, 5.74) is 2.81. The second-order valence-corrected chi connectivity index (χ2v) is 6.36. The molecule has 1 amide bonds. The monoisotopic (exact) mass is 298 g/mol. The van der Waals surface area contributed by atoms with E-state index in [0.717, 1.165) is 16.9 Å². The summed E-state index contributed by atoms with van der Waals surface area (Å²) in [6.45, 7) is 9.66. The minimum Gasteiger partial charge on any atom is -0.346 e. The molecule has 0 aliphatic rings. The highest BCUT2D eigenvalue weighted by molar-refractivity contribution is 5.93. The van der Waals surface area contributed by atoms with Crippen LogP contribution >= 0.6 is 0 Å². The van der Waals surface area contributed by atoms with Crippen molar-refractivity contribution in [3.8, 4) is 0 Å². The van der Waals surface area contributed by atoms with Crippen molar-refractivity contribution in [1.82, 2.24) is 15.3 Å². The van der Waals surface area contributed by atoms with Crippen LogP contribution < -0.4 is 10.6 Å². The molecule has 22 heavy (non-hydrogen) atoms. The number of hydrogen-bond acceptors (Lipinski definition) is 4. The van der Waals surface area contributed by atoms with Gasteiger partial charge in [0.25, 0.3) is 5.91 Å². The van der Waals surface area contributed by atoms with E-state index in [1.807, 2.05) is 58.9 Å². The lowest BCUT2D eigenvalue weighted by Gasteiger charge is -2.20. The Labute approximate surface area is 131 Å². The Morgan fingerprint density at radius 2 is 1.77 bits per heavy atom. The van der Waals surface area contributed by atoms with Crippen molar-refractivity contribution in [3.05, 3.63) is 47.3 Å². The first-order chi connectivity index (χ1) is 10.2. The van der Waals surface area contributed by atoms with Gasteiger partial charge in [0.05, 0.1) is 0 Å². The molecule has 0 radical (unpaired) electrons. The molecule has 0 saturated heterocycles. The van der Waals surface area contributed by atoms with Crippen LogP contribution in [0.25, 0.3) is 0 Å². The summed E-state index contributed by atoms with van der Waals surface area (Å²) < 4.78 is 0. The lowest BCUT2D eigenvalue weighted by atomic mass is 10.1. The quantitative estimate of drug-likeness (QED) is 0.911. The zero-order valence-electron chi connectivity index (χ0n) is 13.7. The third kappa shape index (κ3) is 4.28. The van der Waals surface area contributed by atoms with Gasteiger partial charge in [-0.1, -0.05) is 18.2 Å². The fraction of sp³-hybridized carbons (Fsp3) is 0.353. The Hall–Kier alpha value is -2.43. The molecule has 2 N–H and O–H groups in total. The minimum absolute atomic E-state index is 0.203. The number of rotatable bonds is 3. The number of aromatic nitrogens is 2. The standard InChI is InChI=1S/C17H22N4O/c1-11-8-6-7-9-13(11)19-16-18-12(2)10-14(20-16)15(22)21-17(3,4)5/h6-10H,1-5H3,(H,21,22)(H,18,19,20). The number of aryl methyl sites for hydroxylation is 2. The molecule has 0 bridgehead atoms. The van der Waals surface area contributed by atoms with Crippen LogP contribution in [0, 0.1) is 13.8 Å². The Morgan fingerprint density at radius 1 is 1.09 bits per heavy atom. The van der Waals surface area contributed by atoms with Crippen LogP contribution in [0.4, 0.5) is 11.6 Å². The smallest absolute Gasteiger partial charge is 0.270 e. The molecular formula is C17H22N4O. The number of anilines is 2. The van der Waals surface area contributed by atoms with Crippen molar-refractivity contribution in [2.75, 3.05) is 5.32 Å². The summed E-state index contributed by atoms with van der Waals surface area (Å²) in [4.78, 5) is 20.9. The summed E-state index contributed by atoms with van der Waals surface area (Å²) in [6, 6.07) is 9.56. The van der Waals surface area contributed by atoms with E-state index in [4.69, 9.17) is 0 Å². The van der Waals surface area contributed by atoms with E-state index in [1.165, 1.54) is 0 Å². The molecule has 0 fully saturated rings. The molecule has 5 nitrogen and oxygen atoms in total. The Balaban J connectivity index is 2.27. The molecule has 1 aromatic heterocycles. The Morgan fingerprint density at radius 3 is 2.41 bits per heavy atom. The van der Waals surface area contributed by atoms with Crippen LogP contribution in [-0.4, -0.2) is 21.4 Å². The lowest BCUT2D eigenvalue weighted by molar-refractivity contribution is 0.0914. The number of carbonyl (C=O) groups is 1. The van der Waals surface area contributed by atoms with Crippen LogP contribution in [0.2, 0.25) is 0 Å². The topological polar surface area (TPSA) is 66.9 Å². The van der Waals surface area contributed by atoms with Gasteiger partial charge in [0.1, 0.15) is 5.69 Å². The van der Waals surface area contributed by atoms with E-state index in [-0.39, 0.29) is 11.4 Å². The maximum atomic E-state index is 12.3. The number of nitrogens with one attached hydrogen (secondary N) is 2. The number of benzene rings is 1. The predicted molar refractivity (Wildman–Crippen MR) is 88.4 cm³/mol. The van der Waals surface area contributed by atoms with E-state index in [9.17, 15) is 4.79 Å². The maximum Gasteiger partial charge on any atom is 0.270 e. The van der Waals surface area contributed by atoms with Gasteiger partial charge in [0, 0.05) is 16.9 Å². The van der Waals surface area contributed by atoms with Crippen LogP contribution in [0.5, 0.6) is 0 Å². The van der Waals surface area contributed by atoms with Crippen LogP contribution in [0.1, 0.15) is 42.5 Å². The van der Waals surface area contributed by atoms with Gasteiger partial charge in [0.2, 0.25) is 5.95 Å². The zero-order chi connectivity index (χ0) is 16.3. The lowest BCUT2D eigenvalue weighted by Crippen LogP contribution is -2.41. The van der Waals surface area contributed by atoms with Gasteiger partial charge in [-0.15, -0.1) is 0 Å². The first kappa shape index (κ1) is 15.9. The second-order valence-electron chi connectivity index (χ2n) is 6.36. The summed E-state index contributed by atoms with van der Waals surface area (Å²) in [5.74, 6) is 0.221. The summed E-state index contributed by atoms with van der Waals surface area (Å²) in [5, 5.41) is 6.08. The Kier molecular flexibility index (Phi) is 4.45. The summed E-state index contributed by atoms with van der Waals surface area (Å²) in [6.07, 6.45) is 0. The molecule has 0 atom stereocenters. The number of amides is 1. The van der Waals surface area contributed by atoms with Crippen molar-refractivity contribution < 1.29 is 4.79 Å². The van der Waals surface area contributed by atoms with Gasteiger partial charge >= 0.3 is 0 Å². The molecular weight excluding hydrogens is 276 g/mol. The molecule has 1 heterocycles. The van der Waals surface area contributed by atoms with Crippen molar-refractivity contribution in [2.45, 2.75) is 40.2 Å². The highest BCUT2D eigenvalue weighted by atomic mass is 16.2. The van der Waals surface area contributed by atoms with E-state index in [1.54, 1.807) is 6.07 Å². The Bertz CT molecular complexity index is 689. The average molecular weight is 298 g/mol. The number of carbonyl (C=O) groups excluding carboxylic acids is 1. The van der Waals surface area contributed by atoms with E-state index in [2.05, 4.69) is 20.6 Å². The summed E-state index contributed by atoms with van der Waals surface area (Å²) >= 11 is 0. The average Bonchev–Trinajstić information content (AvgIpc) is 2.39. The minimum atomic E-state index is -0.306. The van der Waals surface area contributed by atoms with Gasteiger partial charge in [-0.05, 0) is 52.3 Å². The van der Waals surface area contributed by atoms with Crippen LogP contribution in [-0.2, 0) is 0 Å². The van der Waals surface area contributed by atoms with Crippen molar-refractivity contribution in [2.24, 2.45) is 0 Å². The van der Waals surface area contributed by atoms with Gasteiger partial charge < -0.3 is 10.6 Å². The molecule has 0 aliphatic heterocycles. The second kappa shape index (κ2) is 6.13. The van der Waals surface area contributed by atoms with Crippen molar-refractivity contribution >= 4 is 17.5 Å². The number of para-hydroxylation sites is 1. The van der Waals surface area contributed by atoms with Crippen molar-refractivity contribution in [3.63, 3.8) is 0 Å². The van der Waals surface area contributed by atoms with Crippen LogP contribution in [0.15, 0.2) is 30.3 Å². The summed E-state index contributed by atoms with van der Waals surface area (Å²) in [7, 11) is 0. The van der Waals surface area contributed by atoms with E-state index >= 15 is 0 Å². The molecule has 1 aromatic carbocycles. The van der Waals surface area contributed by atoms with Gasteiger partial charge in [0.15, 0.2) is 0 Å². The third-order valence-electron chi connectivity index (χ3n) is 2.97. The largest absolute Gasteiger partial charge is 0.346 e. The normalized spacial score (nSPS) is 11.1. The molecule has 116 valence electrons. The maximum absolute atomic E-state index is 12.3. The third-order valence-corrected chi connectivity index (χ3v) is 2.97. The molecule has 5 heteroatoms. The van der Waals surface area contributed by atoms with Crippen LogP contribution in [0.3, 0.4) is 0 Å². The molecule has 2 rings (SSSR count). The number of hydrogen-bond donors (Lipinski definition) is 2. The molecule has 0 spiro atoms. The van der Waals surface area contributed by atoms with Gasteiger partial charge in [-0.2, -0.15) is 0 Å². The highest BCUT2D eigenvalue weighted by Gasteiger charge is 2.17. The van der Waals surface area contributed by atoms with E-state index in [0.29, 0.717) is 11.6 Å². The molecule has 2 aromatic rings. The van der Waals surface area contributed by atoms with Crippen molar-refractivity contribution in [1.29, 1.82) is 0 Å². The SMILES string of the molecule is Cc1cc(C(=O)NC(C)(C)C)nc(Nc2ccccc2C)n1. The first-order valence-corrected chi connectivity index (χ1v) is 7.25. The fourth-order valence-electron chi connectivity index (χ4n) is 1.98. The highest BCUT2D eigenvalue weighted by Crippen LogP contribution is 2.18. The van der Waals surface area contributed by atoms with Gasteiger partial charge in [-0.3, -0.25) is 4.79 Å². The number of nitrogens with zero attached hydrogens (tertiary/aromatic N) is 2. The van der Waals surface area contributed by atoms with Gasteiger partial charge in [-0.25, -0.2) is 9.97 Å². The molecule has 0 aliphatic carbocycles. The first-order valence-electron chi connectivity index (χ1n) is 7.25.